The van der Waals surface area contributed by atoms with Gasteiger partial charge in [0, 0.05) is 56.5 Å². The number of aliphatic hydroxyl groups is 1. The van der Waals surface area contributed by atoms with Crippen LogP contribution in [0.3, 0.4) is 0 Å². The predicted octanol–water partition coefficient (Wildman–Crippen LogP) is 2.11. The van der Waals surface area contributed by atoms with Crippen molar-refractivity contribution < 1.29 is 19.4 Å². The summed E-state index contributed by atoms with van der Waals surface area (Å²) in [4.78, 5) is 44.4. The lowest BCUT2D eigenvalue weighted by atomic mass is 9.90. The second-order valence-electron chi connectivity index (χ2n) is 10.5. The number of hydrogen-bond donors (Lipinski definition) is 2. The van der Waals surface area contributed by atoms with Gasteiger partial charge in [-0.3, -0.25) is 19.3 Å². The van der Waals surface area contributed by atoms with E-state index in [2.05, 4.69) is 28.7 Å². The maximum Gasteiger partial charge on any atom is 0.276 e. The number of carbonyl (C=O) groups excluding carboxylic acids is 2. The van der Waals surface area contributed by atoms with E-state index in [1.54, 1.807) is 36.5 Å². The van der Waals surface area contributed by atoms with Crippen molar-refractivity contribution in [3.05, 3.63) is 63.5 Å². The molecule has 37 heavy (non-hydrogen) atoms. The molecular weight excluding hydrogens is 474 g/mol. The van der Waals surface area contributed by atoms with Crippen LogP contribution < -0.4 is 15.8 Å². The highest BCUT2D eigenvalue weighted by Crippen LogP contribution is 2.40. The summed E-state index contributed by atoms with van der Waals surface area (Å²) in [6.07, 6.45) is 5.10. The lowest BCUT2D eigenvalue weighted by molar-refractivity contribution is -0.119. The Labute approximate surface area is 214 Å². The third kappa shape index (κ3) is 4.36. The van der Waals surface area contributed by atoms with Crippen molar-refractivity contribution in [2.24, 2.45) is 12.5 Å². The zero-order valence-corrected chi connectivity index (χ0v) is 21.5. The van der Waals surface area contributed by atoms with E-state index in [0.29, 0.717) is 41.3 Å². The largest absolute Gasteiger partial charge is 0.392 e. The van der Waals surface area contributed by atoms with Gasteiger partial charge in [0.2, 0.25) is 5.91 Å². The number of carbonyl (C=O) groups is 2. The second-order valence-corrected chi connectivity index (χ2v) is 10.5. The summed E-state index contributed by atoms with van der Waals surface area (Å²) in [5, 5.41) is 13.0. The van der Waals surface area contributed by atoms with Gasteiger partial charge in [0.05, 0.1) is 6.61 Å². The van der Waals surface area contributed by atoms with Gasteiger partial charge >= 0.3 is 0 Å². The normalized spacial score (nSPS) is 16.0. The van der Waals surface area contributed by atoms with E-state index in [1.165, 1.54) is 22.9 Å². The number of pyridine rings is 2. The first-order valence-corrected chi connectivity index (χ1v) is 12.2. The Bertz CT molecular complexity index is 1470. The number of aromatic nitrogens is 3. The minimum absolute atomic E-state index is 0.0913. The van der Waals surface area contributed by atoms with Crippen molar-refractivity contribution in [3.63, 3.8) is 0 Å². The van der Waals surface area contributed by atoms with Crippen LogP contribution in [0, 0.1) is 5.41 Å². The van der Waals surface area contributed by atoms with Crippen LogP contribution in [-0.2, 0) is 42.6 Å². The molecule has 0 unspecified atom stereocenters. The van der Waals surface area contributed by atoms with E-state index in [0.717, 1.165) is 12.8 Å². The molecule has 0 fully saturated rings. The van der Waals surface area contributed by atoms with Crippen molar-refractivity contribution in [2.45, 2.75) is 39.8 Å². The van der Waals surface area contributed by atoms with Crippen molar-refractivity contribution in [2.75, 3.05) is 30.5 Å². The molecule has 2 amide bonds. The molecular formula is C27H31N5O5. The van der Waals surface area contributed by atoms with Crippen molar-refractivity contribution in [1.82, 2.24) is 14.1 Å². The highest BCUT2D eigenvalue weighted by Gasteiger charge is 2.37. The van der Waals surface area contributed by atoms with Crippen molar-refractivity contribution in [3.8, 4) is 11.1 Å². The molecule has 3 aromatic heterocycles. The molecule has 5 rings (SSSR count). The van der Waals surface area contributed by atoms with E-state index >= 15 is 0 Å². The van der Waals surface area contributed by atoms with Crippen molar-refractivity contribution in [1.29, 1.82) is 0 Å². The summed E-state index contributed by atoms with van der Waals surface area (Å²) in [7, 11) is 2.98. The molecule has 0 aromatic carbocycles. The molecule has 2 aliphatic rings. The van der Waals surface area contributed by atoms with Gasteiger partial charge in [-0.15, -0.1) is 0 Å². The van der Waals surface area contributed by atoms with Crippen LogP contribution >= 0.6 is 0 Å². The molecule has 0 saturated heterocycles. The topological polar surface area (TPSA) is 119 Å². The summed E-state index contributed by atoms with van der Waals surface area (Å²) < 4.78 is 8.34. The number of methoxy groups -OCH3 is 1. The number of amides is 2. The molecule has 10 nitrogen and oxygen atoms in total. The Hall–Kier alpha value is -3.76. The van der Waals surface area contributed by atoms with E-state index in [4.69, 9.17) is 4.74 Å². The smallest absolute Gasteiger partial charge is 0.276 e. The average Bonchev–Trinajstić information content (AvgIpc) is 3.34. The molecule has 0 atom stereocenters. The van der Waals surface area contributed by atoms with Crippen LogP contribution in [0.4, 0.5) is 11.5 Å². The van der Waals surface area contributed by atoms with Crippen LogP contribution in [0.5, 0.6) is 0 Å². The van der Waals surface area contributed by atoms with E-state index in [1.807, 2.05) is 6.07 Å². The van der Waals surface area contributed by atoms with Crippen LogP contribution in [0.1, 0.15) is 41.2 Å². The van der Waals surface area contributed by atoms with Crippen LogP contribution in [-0.4, -0.2) is 51.3 Å². The van der Waals surface area contributed by atoms with Gasteiger partial charge in [0.1, 0.15) is 23.8 Å². The molecule has 2 N–H and O–H groups in total. The first-order valence-electron chi connectivity index (χ1n) is 12.2. The maximum atomic E-state index is 13.6. The maximum absolute atomic E-state index is 13.6. The number of aryl methyl sites for hydroxylation is 1. The van der Waals surface area contributed by atoms with Gasteiger partial charge in [-0.1, -0.05) is 13.8 Å². The number of nitrogens with zero attached hydrogens (tertiary/aromatic N) is 4. The fraction of sp³-hybridized carbons (Fsp3) is 0.407. The zero-order chi connectivity index (χ0) is 26.5. The van der Waals surface area contributed by atoms with Crippen LogP contribution in [0.2, 0.25) is 0 Å². The number of fused-ring (bicyclic) bond motifs is 3. The van der Waals surface area contributed by atoms with E-state index in [9.17, 15) is 19.5 Å². The standard InChI is InChI=1S/C27H31N5O5/c1-27(2)11-16-10-21-26(36)32(8-7-31(21)22(16)12-27)24-19(14-33)18(5-6-28-24)17-9-20(25(35)30(3)13-17)29-23(34)15-37-4/h5-6,9-10,13,33H,7-8,11-12,14-15H2,1-4H3,(H,29,34). The Morgan fingerprint density at radius 3 is 2.73 bits per heavy atom. The van der Waals surface area contributed by atoms with Gasteiger partial charge in [-0.05, 0) is 47.6 Å². The Morgan fingerprint density at radius 2 is 2.00 bits per heavy atom. The van der Waals surface area contributed by atoms with Gasteiger partial charge in [0.15, 0.2) is 0 Å². The third-order valence-electron chi connectivity index (χ3n) is 7.12. The van der Waals surface area contributed by atoms with E-state index in [-0.39, 0.29) is 35.8 Å². The fourth-order valence-corrected chi connectivity index (χ4v) is 5.52. The molecule has 0 radical (unpaired) electrons. The molecule has 194 valence electrons. The molecule has 0 bridgehead atoms. The first kappa shape index (κ1) is 24.9. The Balaban J connectivity index is 1.52. The van der Waals surface area contributed by atoms with E-state index < -0.39 is 5.91 Å². The second kappa shape index (κ2) is 9.28. The monoisotopic (exact) mass is 505 g/mol. The highest BCUT2D eigenvalue weighted by molar-refractivity contribution is 6.06. The van der Waals surface area contributed by atoms with Gasteiger partial charge in [0.25, 0.3) is 11.5 Å². The zero-order valence-electron chi connectivity index (χ0n) is 21.5. The molecule has 1 aliphatic carbocycles. The Kier molecular flexibility index (Phi) is 6.25. The first-order chi connectivity index (χ1) is 17.6. The van der Waals surface area contributed by atoms with Crippen LogP contribution in [0.25, 0.3) is 11.1 Å². The minimum Gasteiger partial charge on any atom is -0.392 e. The van der Waals surface area contributed by atoms with Gasteiger partial charge < -0.3 is 24.3 Å². The lowest BCUT2D eigenvalue weighted by Crippen LogP contribution is -2.41. The molecule has 0 spiro atoms. The van der Waals surface area contributed by atoms with Crippen molar-refractivity contribution >= 4 is 23.3 Å². The molecule has 4 heterocycles. The fourth-order valence-electron chi connectivity index (χ4n) is 5.52. The number of anilines is 2. The number of aliphatic hydroxyl groups excluding tert-OH is 1. The third-order valence-corrected chi connectivity index (χ3v) is 7.12. The average molecular weight is 506 g/mol. The number of rotatable bonds is 6. The SMILES string of the molecule is COCC(=O)Nc1cc(-c2ccnc(N3CCn4c(cc5c4CC(C)(C)C5)C3=O)c2CO)cn(C)c1=O. The molecule has 3 aromatic rings. The molecule has 10 heteroatoms. The predicted molar refractivity (Wildman–Crippen MR) is 139 cm³/mol. The molecule has 1 aliphatic heterocycles. The quantitative estimate of drug-likeness (QED) is 0.530. The lowest BCUT2D eigenvalue weighted by Gasteiger charge is -2.31. The highest BCUT2D eigenvalue weighted by atomic mass is 16.5. The number of hydrogen-bond acceptors (Lipinski definition) is 6. The summed E-state index contributed by atoms with van der Waals surface area (Å²) in [6, 6.07) is 5.29. The minimum atomic E-state index is -0.452. The summed E-state index contributed by atoms with van der Waals surface area (Å²) in [5.74, 6) is -0.214. The van der Waals surface area contributed by atoms with Gasteiger partial charge in [-0.25, -0.2) is 4.98 Å². The summed E-state index contributed by atoms with van der Waals surface area (Å²) in [6.45, 7) is 5.03. The van der Waals surface area contributed by atoms with Gasteiger partial charge in [-0.2, -0.15) is 0 Å². The summed E-state index contributed by atoms with van der Waals surface area (Å²) >= 11 is 0. The number of nitrogens with one attached hydrogen (secondary N) is 1. The number of ether oxygens (including phenoxy) is 1. The summed E-state index contributed by atoms with van der Waals surface area (Å²) in [5.41, 5.74) is 4.71. The molecule has 0 saturated carbocycles. The Morgan fingerprint density at radius 1 is 1.22 bits per heavy atom. The van der Waals surface area contributed by atoms with Crippen LogP contribution in [0.15, 0.2) is 35.4 Å².